The molecule has 96 valence electrons. The van der Waals surface area contributed by atoms with Crippen molar-refractivity contribution in [2.75, 3.05) is 0 Å². The lowest BCUT2D eigenvalue weighted by Gasteiger charge is -2.00. The molecule has 0 spiro atoms. The van der Waals surface area contributed by atoms with Gasteiger partial charge in [-0.15, -0.1) is 22.6 Å². The van der Waals surface area contributed by atoms with Crippen LogP contribution in [0, 0.1) is 12.7 Å². The molecular weight excluding hydrogens is 277 g/mol. The average molecular weight is 288 g/mol. The van der Waals surface area contributed by atoms with E-state index in [1.54, 1.807) is 6.07 Å². The summed E-state index contributed by atoms with van der Waals surface area (Å²) >= 11 is 1.20. The van der Waals surface area contributed by atoms with Crippen molar-refractivity contribution in [3.05, 3.63) is 29.6 Å². The molecule has 0 fully saturated rings. The Hall–Kier alpha value is -1.73. The molecule has 0 amide bonds. The van der Waals surface area contributed by atoms with E-state index in [4.69, 9.17) is 11.5 Å². The van der Waals surface area contributed by atoms with Crippen molar-refractivity contribution in [2.24, 2.45) is 16.5 Å². The first-order valence-electron chi connectivity index (χ1n) is 4.76. The summed E-state index contributed by atoms with van der Waals surface area (Å²) in [5, 5.41) is 8.66. The number of hydrogen-bond acceptors (Lipinski definition) is 4. The van der Waals surface area contributed by atoms with Crippen molar-refractivity contribution in [3.63, 3.8) is 0 Å². The standard InChI is InChI=1S/C10H10FN5S.ClH/c1-5-2-3-6(11)4-7(5)8-15-16-10(17-8)14-9(12)13;/h2-4H,1H3,(H4,12,13,14,16);1H. The van der Waals surface area contributed by atoms with Crippen molar-refractivity contribution in [1.29, 1.82) is 0 Å². The number of nitrogens with two attached hydrogens (primary N) is 2. The molecular formula is C10H11ClFN5S. The number of halogens is 2. The first-order chi connectivity index (χ1) is 8.06. The second-order valence-corrected chi connectivity index (χ2v) is 4.34. The molecule has 0 atom stereocenters. The molecule has 2 rings (SSSR count). The topological polar surface area (TPSA) is 90.2 Å². The minimum Gasteiger partial charge on any atom is -0.370 e. The Morgan fingerprint density at radius 3 is 2.72 bits per heavy atom. The summed E-state index contributed by atoms with van der Waals surface area (Å²) in [5.41, 5.74) is 12.1. The normalized spacial score (nSPS) is 9.67. The summed E-state index contributed by atoms with van der Waals surface area (Å²) in [6.07, 6.45) is 0. The van der Waals surface area contributed by atoms with Crippen LogP contribution in [0.15, 0.2) is 23.2 Å². The monoisotopic (exact) mass is 287 g/mol. The first kappa shape index (κ1) is 14.3. The van der Waals surface area contributed by atoms with E-state index in [1.165, 1.54) is 23.5 Å². The zero-order valence-electron chi connectivity index (χ0n) is 9.42. The summed E-state index contributed by atoms with van der Waals surface area (Å²) in [6, 6.07) is 4.50. The fraction of sp³-hybridized carbons (Fsp3) is 0.100. The third-order valence-corrected chi connectivity index (χ3v) is 2.92. The number of aryl methyl sites for hydroxylation is 1. The summed E-state index contributed by atoms with van der Waals surface area (Å²) in [5.74, 6) is -0.396. The minimum atomic E-state index is -0.316. The van der Waals surface area contributed by atoms with Gasteiger partial charge >= 0.3 is 0 Å². The Morgan fingerprint density at radius 2 is 2.06 bits per heavy atom. The molecule has 0 unspecified atom stereocenters. The lowest BCUT2D eigenvalue weighted by molar-refractivity contribution is 0.628. The van der Waals surface area contributed by atoms with Crippen molar-refractivity contribution < 1.29 is 4.39 Å². The highest BCUT2D eigenvalue weighted by Gasteiger charge is 2.09. The fourth-order valence-electron chi connectivity index (χ4n) is 1.30. The SMILES string of the molecule is Cc1ccc(F)cc1-c1nnc(N=C(N)N)s1.Cl. The van der Waals surface area contributed by atoms with Crippen LogP contribution in [-0.2, 0) is 0 Å². The number of rotatable bonds is 2. The second kappa shape index (κ2) is 5.74. The first-order valence-corrected chi connectivity index (χ1v) is 5.57. The van der Waals surface area contributed by atoms with Crippen molar-refractivity contribution in [3.8, 4) is 10.6 Å². The number of aliphatic imine (C=N–C) groups is 1. The number of aromatic nitrogens is 2. The van der Waals surface area contributed by atoms with E-state index in [0.717, 1.165) is 5.56 Å². The van der Waals surface area contributed by atoms with Gasteiger partial charge in [-0.1, -0.05) is 17.4 Å². The van der Waals surface area contributed by atoms with E-state index in [1.807, 2.05) is 6.92 Å². The summed E-state index contributed by atoms with van der Waals surface area (Å²) < 4.78 is 13.1. The number of benzene rings is 1. The van der Waals surface area contributed by atoms with E-state index < -0.39 is 0 Å². The van der Waals surface area contributed by atoms with Gasteiger partial charge in [0.25, 0.3) is 0 Å². The maximum Gasteiger partial charge on any atom is 0.235 e. The zero-order valence-corrected chi connectivity index (χ0v) is 11.1. The van der Waals surface area contributed by atoms with E-state index in [9.17, 15) is 4.39 Å². The zero-order chi connectivity index (χ0) is 12.4. The Balaban J connectivity index is 0.00000162. The van der Waals surface area contributed by atoms with Gasteiger partial charge in [0.1, 0.15) is 10.8 Å². The van der Waals surface area contributed by atoms with Gasteiger partial charge in [-0.2, -0.15) is 4.99 Å². The van der Waals surface area contributed by atoms with Crippen LogP contribution in [0.3, 0.4) is 0 Å². The van der Waals surface area contributed by atoms with Crippen molar-refractivity contribution in [1.82, 2.24) is 10.2 Å². The molecule has 4 N–H and O–H groups in total. The van der Waals surface area contributed by atoms with Gasteiger partial charge in [-0.05, 0) is 24.6 Å². The number of guanidine groups is 1. The number of nitrogens with zero attached hydrogens (tertiary/aromatic N) is 3. The molecule has 2 aromatic rings. The molecule has 0 radical (unpaired) electrons. The summed E-state index contributed by atoms with van der Waals surface area (Å²) in [6.45, 7) is 1.87. The van der Waals surface area contributed by atoms with Crippen LogP contribution in [0.2, 0.25) is 0 Å². The van der Waals surface area contributed by atoms with Crippen LogP contribution in [0.1, 0.15) is 5.56 Å². The Bertz CT molecular complexity index is 579. The molecule has 5 nitrogen and oxygen atoms in total. The molecule has 0 aliphatic rings. The van der Waals surface area contributed by atoms with Gasteiger partial charge in [0.05, 0.1) is 0 Å². The molecule has 1 aromatic carbocycles. The van der Waals surface area contributed by atoms with Gasteiger partial charge in [0, 0.05) is 5.56 Å². The molecule has 0 saturated heterocycles. The Kier molecular flexibility index (Phi) is 4.57. The highest BCUT2D eigenvalue weighted by Crippen LogP contribution is 2.30. The summed E-state index contributed by atoms with van der Waals surface area (Å²) in [4.78, 5) is 3.78. The molecule has 8 heteroatoms. The third-order valence-electron chi connectivity index (χ3n) is 2.07. The number of hydrogen-bond donors (Lipinski definition) is 2. The minimum absolute atomic E-state index is 0. The smallest absolute Gasteiger partial charge is 0.235 e. The highest BCUT2D eigenvalue weighted by molar-refractivity contribution is 7.18. The lowest BCUT2D eigenvalue weighted by Crippen LogP contribution is -2.21. The second-order valence-electron chi connectivity index (χ2n) is 3.39. The van der Waals surface area contributed by atoms with Crippen LogP contribution in [0.4, 0.5) is 9.52 Å². The Labute approximate surface area is 113 Å². The third kappa shape index (κ3) is 3.14. The van der Waals surface area contributed by atoms with Crippen LogP contribution >= 0.6 is 23.7 Å². The van der Waals surface area contributed by atoms with Gasteiger partial charge < -0.3 is 11.5 Å². The maximum atomic E-state index is 13.1. The molecule has 0 bridgehead atoms. The van der Waals surface area contributed by atoms with E-state index in [-0.39, 0.29) is 24.2 Å². The molecule has 0 aliphatic carbocycles. The largest absolute Gasteiger partial charge is 0.370 e. The van der Waals surface area contributed by atoms with E-state index in [0.29, 0.717) is 15.7 Å². The lowest BCUT2D eigenvalue weighted by atomic mass is 10.1. The van der Waals surface area contributed by atoms with Gasteiger partial charge in [0.2, 0.25) is 5.13 Å². The highest BCUT2D eigenvalue weighted by atomic mass is 35.5. The molecule has 1 heterocycles. The van der Waals surface area contributed by atoms with Crippen LogP contribution in [0.25, 0.3) is 10.6 Å². The van der Waals surface area contributed by atoms with Crippen LogP contribution in [0.5, 0.6) is 0 Å². The molecule has 0 aliphatic heterocycles. The van der Waals surface area contributed by atoms with Gasteiger partial charge in [-0.3, -0.25) is 0 Å². The quantitative estimate of drug-likeness (QED) is 0.653. The molecule has 18 heavy (non-hydrogen) atoms. The average Bonchev–Trinajstić information content (AvgIpc) is 2.69. The predicted octanol–water partition coefficient (Wildman–Crippen LogP) is 1.98. The van der Waals surface area contributed by atoms with Crippen molar-refractivity contribution in [2.45, 2.75) is 6.92 Å². The maximum absolute atomic E-state index is 13.1. The summed E-state index contributed by atoms with van der Waals surface area (Å²) in [7, 11) is 0. The fourth-order valence-corrected chi connectivity index (χ4v) is 2.12. The van der Waals surface area contributed by atoms with Crippen molar-refractivity contribution >= 4 is 34.8 Å². The Morgan fingerprint density at radius 1 is 1.33 bits per heavy atom. The van der Waals surface area contributed by atoms with Gasteiger partial charge in [-0.25, -0.2) is 4.39 Å². The van der Waals surface area contributed by atoms with Crippen LogP contribution < -0.4 is 11.5 Å². The van der Waals surface area contributed by atoms with Gasteiger partial charge in [0.15, 0.2) is 5.96 Å². The van der Waals surface area contributed by atoms with E-state index in [2.05, 4.69) is 15.2 Å². The molecule has 1 aromatic heterocycles. The van der Waals surface area contributed by atoms with E-state index >= 15 is 0 Å². The van der Waals surface area contributed by atoms with Crippen LogP contribution in [-0.4, -0.2) is 16.2 Å². The predicted molar refractivity (Wildman–Crippen MR) is 72.8 cm³/mol. The molecule has 0 saturated carbocycles.